The van der Waals surface area contributed by atoms with E-state index in [9.17, 15) is 9.59 Å². The summed E-state index contributed by atoms with van der Waals surface area (Å²) in [5, 5.41) is 8.44. The highest BCUT2D eigenvalue weighted by molar-refractivity contribution is 7.99. The van der Waals surface area contributed by atoms with Gasteiger partial charge in [-0.3, -0.25) is 9.59 Å². The zero-order valence-electron chi connectivity index (χ0n) is 9.77. The second kappa shape index (κ2) is 9.47. The van der Waals surface area contributed by atoms with E-state index in [1.807, 2.05) is 0 Å². The van der Waals surface area contributed by atoms with Gasteiger partial charge >= 0.3 is 5.97 Å². The normalized spacial score (nSPS) is 10.1. The van der Waals surface area contributed by atoms with E-state index in [1.54, 1.807) is 19.1 Å². The van der Waals surface area contributed by atoms with Crippen LogP contribution in [-0.2, 0) is 14.3 Å². The van der Waals surface area contributed by atoms with E-state index in [-0.39, 0.29) is 12.3 Å². The number of hydrogen-bond acceptors (Lipinski definition) is 4. The lowest BCUT2D eigenvalue weighted by Crippen LogP contribution is -2.29. The third-order valence-electron chi connectivity index (χ3n) is 1.97. The minimum atomic E-state index is -0.824. The summed E-state index contributed by atoms with van der Waals surface area (Å²) >= 11 is 1.52. The smallest absolute Gasteiger partial charge is 0.303 e. The minimum absolute atomic E-state index is 0.0338. The van der Waals surface area contributed by atoms with Crippen molar-refractivity contribution in [3.63, 3.8) is 0 Å². The van der Waals surface area contributed by atoms with Gasteiger partial charge in [0.1, 0.15) is 0 Å². The number of aliphatic carboxylic acids is 1. The number of methoxy groups -OCH3 is 1. The first kappa shape index (κ1) is 15.2. The molecule has 0 heterocycles. The van der Waals surface area contributed by atoms with Crippen LogP contribution in [-0.4, -0.2) is 60.7 Å². The van der Waals surface area contributed by atoms with Crippen molar-refractivity contribution in [1.82, 2.24) is 4.90 Å². The molecule has 0 aliphatic rings. The molecule has 5 nitrogen and oxygen atoms in total. The van der Waals surface area contributed by atoms with Gasteiger partial charge in [0.15, 0.2) is 0 Å². The van der Waals surface area contributed by atoms with Gasteiger partial charge in [-0.2, -0.15) is 0 Å². The number of ether oxygens (including phenoxy) is 1. The Morgan fingerprint density at radius 2 is 2.12 bits per heavy atom. The number of amides is 1. The fourth-order valence-corrected chi connectivity index (χ4v) is 1.83. The molecule has 0 aromatic rings. The summed E-state index contributed by atoms with van der Waals surface area (Å²) < 4.78 is 4.86. The highest BCUT2D eigenvalue weighted by Gasteiger charge is 2.08. The number of rotatable bonds is 9. The van der Waals surface area contributed by atoms with E-state index in [1.165, 1.54) is 11.8 Å². The Morgan fingerprint density at radius 1 is 1.44 bits per heavy atom. The summed E-state index contributed by atoms with van der Waals surface area (Å²) in [7, 11) is 3.32. The number of thioether (sulfide) groups is 1. The number of nitrogens with zero attached hydrogens (tertiary/aromatic N) is 1. The molecule has 0 aromatic heterocycles. The predicted octanol–water partition coefficient (Wildman–Crippen LogP) is 0.689. The summed E-state index contributed by atoms with van der Waals surface area (Å²) in [6.45, 7) is 1.14. The molecule has 0 bridgehead atoms. The Labute approximate surface area is 100 Å². The molecule has 6 heteroatoms. The number of carboxylic acids is 1. The summed E-state index contributed by atoms with van der Waals surface area (Å²) in [5.41, 5.74) is 0. The van der Waals surface area contributed by atoms with Crippen molar-refractivity contribution in [1.29, 1.82) is 0 Å². The average molecular weight is 249 g/mol. The molecule has 0 aromatic carbocycles. The lowest BCUT2D eigenvalue weighted by molar-refractivity contribution is -0.137. The molecule has 0 aliphatic carbocycles. The van der Waals surface area contributed by atoms with Crippen molar-refractivity contribution in [2.24, 2.45) is 0 Å². The van der Waals surface area contributed by atoms with Crippen molar-refractivity contribution in [3.8, 4) is 0 Å². The largest absolute Gasteiger partial charge is 0.481 e. The van der Waals surface area contributed by atoms with Crippen molar-refractivity contribution >= 4 is 23.6 Å². The van der Waals surface area contributed by atoms with Crippen LogP contribution in [0, 0.1) is 0 Å². The molecule has 0 radical (unpaired) electrons. The second-order valence-electron chi connectivity index (χ2n) is 3.36. The van der Waals surface area contributed by atoms with Gasteiger partial charge in [0.05, 0.1) is 12.4 Å². The minimum Gasteiger partial charge on any atom is -0.481 e. The van der Waals surface area contributed by atoms with E-state index < -0.39 is 5.97 Å². The molecular weight excluding hydrogens is 230 g/mol. The maximum absolute atomic E-state index is 11.5. The Balaban J connectivity index is 3.53. The molecular formula is C10H19NO4S. The highest BCUT2D eigenvalue weighted by atomic mass is 32.2. The number of carbonyl (C=O) groups excluding carboxylic acids is 1. The Morgan fingerprint density at radius 3 is 2.69 bits per heavy atom. The van der Waals surface area contributed by atoms with E-state index in [2.05, 4.69) is 0 Å². The summed E-state index contributed by atoms with van der Waals surface area (Å²) in [4.78, 5) is 23.3. The van der Waals surface area contributed by atoms with E-state index in [0.29, 0.717) is 25.3 Å². The van der Waals surface area contributed by atoms with Gasteiger partial charge in [-0.15, -0.1) is 11.8 Å². The third kappa shape index (κ3) is 8.55. The fourth-order valence-electron chi connectivity index (χ4n) is 1.00. The first-order chi connectivity index (χ1) is 7.57. The molecule has 0 spiro atoms. The Kier molecular flexibility index (Phi) is 9.03. The predicted molar refractivity (Wildman–Crippen MR) is 63.7 cm³/mol. The van der Waals surface area contributed by atoms with Crippen LogP contribution in [0.25, 0.3) is 0 Å². The highest BCUT2D eigenvalue weighted by Crippen LogP contribution is 2.02. The van der Waals surface area contributed by atoms with Crippen LogP contribution in [0.1, 0.15) is 12.8 Å². The molecule has 16 heavy (non-hydrogen) atoms. The van der Waals surface area contributed by atoms with Crippen LogP contribution in [0.3, 0.4) is 0 Å². The summed E-state index contributed by atoms with van der Waals surface area (Å²) in [6.07, 6.45) is 0.606. The van der Waals surface area contributed by atoms with Gasteiger partial charge in [-0.25, -0.2) is 0 Å². The van der Waals surface area contributed by atoms with Crippen LogP contribution in [0.15, 0.2) is 0 Å². The molecule has 0 saturated heterocycles. The van der Waals surface area contributed by atoms with Crippen molar-refractivity contribution in [2.45, 2.75) is 12.8 Å². The topological polar surface area (TPSA) is 66.8 Å². The van der Waals surface area contributed by atoms with Crippen LogP contribution in [0.2, 0.25) is 0 Å². The molecule has 0 rings (SSSR count). The maximum atomic E-state index is 11.5. The third-order valence-corrected chi connectivity index (χ3v) is 2.87. The molecule has 0 atom stereocenters. The van der Waals surface area contributed by atoms with Crippen molar-refractivity contribution in [3.05, 3.63) is 0 Å². The zero-order valence-corrected chi connectivity index (χ0v) is 10.6. The van der Waals surface area contributed by atoms with Gasteiger partial charge in [-0.1, -0.05) is 0 Å². The lowest BCUT2D eigenvalue weighted by Gasteiger charge is -2.16. The van der Waals surface area contributed by atoms with Crippen molar-refractivity contribution < 1.29 is 19.4 Å². The lowest BCUT2D eigenvalue weighted by atomic mass is 10.3. The van der Waals surface area contributed by atoms with E-state index in [0.717, 1.165) is 5.75 Å². The van der Waals surface area contributed by atoms with Gasteiger partial charge in [0.25, 0.3) is 0 Å². The number of carbonyl (C=O) groups is 2. The van der Waals surface area contributed by atoms with Crippen LogP contribution in [0.4, 0.5) is 0 Å². The van der Waals surface area contributed by atoms with Gasteiger partial charge in [-0.05, 0) is 6.42 Å². The van der Waals surface area contributed by atoms with Crippen molar-refractivity contribution in [2.75, 3.05) is 38.8 Å². The first-order valence-electron chi connectivity index (χ1n) is 5.10. The van der Waals surface area contributed by atoms with Crippen LogP contribution < -0.4 is 0 Å². The average Bonchev–Trinajstić information content (AvgIpc) is 2.23. The number of hydrogen-bond donors (Lipinski definition) is 1. The SMILES string of the molecule is COCCSCC(=O)N(C)CCCC(=O)O. The number of carboxylic acid groups (broad SMARTS) is 1. The zero-order chi connectivity index (χ0) is 12.4. The molecule has 0 aliphatic heterocycles. The molecule has 0 fully saturated rings. The van der Waals surface area contributed by atoms with E-state index >= 15 is 0 Å². The van der Waals surface area contributed by atoms with Gasteiger partial charge in [0, 0.05) is 32.9 Å². The van der Waals surface area contributed by atoms with E-state index in [4.69, 9.17) is 9.84 Å². The standard InChI is InChI=1S/C10H19NO4S/c1-11(5-3-4-10(13)14)9(12)8-16-7-6-15-2/h3-8H2,1-2H3,(H,13,14). The monoisotopic (exact) mass is 249 g/mol. The van der Waals surface area contributed by atoms with Gasteiger partial charge in [0.2, 0.25) is 5.91 Å². The second-order valence-corrected chi connectivity index (χ2v) is 4.46. The first-order valence-corrected chi connectivity index (χ1v) is 6.25. The molecule has 0 unspecified atom stereocenters. The molecule has 1 N–H and O–H groups in total. The quantitative estimate of drug-likeness (QED) is 0.609. The Bertz CT molecular complexity index is 223. The molecule has 94 valence electrons. The maximum Gasteiger partial charge on any atom is 0.303 e. The molecule has 1 amide bonds. The van der Waals surface area contributed by atoms with Crippen LogP contribution in [0.5, 0.6) is 0 Å². The van der Waals surface area contributed by atoms with Crippen LogP contribution >= 0.6 is 11.8 Å². The summed E-state index contributed by atoms with van der Waals surface area (Å²) in [6, 6.07) is 0. The summed E-state index contributed by atoms with van der Waals surface area (Å²) in [5.74, 6) is 0.430. The Hall–Kier alpha value is -0.750. The van der Waals surface area contributed by atoms with Gasteiger partial charge < -0.3 is 14.7 Å². The fraction of sp³-hybridized carbons (Fsp3) is 0.800. The molecule has 0 saturated carbocycles.